The molecule has 80 valence electrons. The molecule has 0 N–H and O–H groups in total. The van der Waals surface area contributed by atoms with Crippen molar-refractivity contribution >= 4 is 0 Å². The van der Waals surface area contributed by atoms with E-state index in [4.69, 9.17) is 0 Å². The largest absolute Gasteiger partial charge is 1.00 e. The van der Waals surface area contributed by atoms with Crippen molar-refractivity contribution in [2.75, 3.05) is 21.1 Å². The molecule has 0 heterocycles. The fourth-order valence-electron chi connectivity index (χ4n) is 0.873. The van der Waals surface area contributed by atoms with E-state index in [1.165, 1.54) is 19.3 Å². The van der Waals surface area contributed by atoms with Gasteiger partial charge in [0.25, 0.3) is 0 Å². The molecule has 0 rings (SSSR count). The zero-order valence-corrected chi connectivity index (χ0v) is 11.3. The predicted molar refractivity (Wildman–Crippen MR) is 56.2 cm³/mol. The van der Waals surface area contributed by atoms with Crippen LogP contribution in [0.15, 0.2) is 12.2 Å². The topological polar surface area (TPSA) is 0 Å². The Morgan fingerprint density at radius 1 is 1.23 bits per heavy atom. The van der Waals surface area contributed by atoms with Crippen LogP contribution in [0.25, 0.3) is 0 Å². The van der Waals surface area contributed by atoms with Gasteiger partial charge in [-0.3, -0.25) is 0 Å². The predicted octanol–water partition coefficient (Wildman–Crippen LogP) is -0.168. The van der Waals surface area contributed by atoms with Crippen LogP contribution >= 0.6 is 0 Å². The number of quaternary nitrogens is 1. The summed E-state index contributed by atoms with van der Waals surface area (Å²) in [5, 5.41) is 0. The maximum atomic E-state index is 2.33. The van der Waals surface area contributed by atoms with E-state index in [9.17, 15) is 0 Å². The molecule has 0 fully saturated rings. The second-order valence-corrected chi connectivity index (χ2v) is 4.43. The van der Waals surface area contributed by atoms with Crippen LogP contribution in [0.5, 0.6) is 0 Å². The summed E-state index contributed by atoms with van der Waals surface area (Å²) >= 11 is 0. The first-order chi connectivity index (χ1) is 5.48. The van der Waals surface area contributed by atoms with Gasteiger partial charge in [0.05, 0.1) is 21.1 Å². The third-order valence-electron chi connectivity index (χ3n) is 2.36. The van der Waals surface area contributed by atoms with Crippen LogP contribution in [0.4, 0.5) is 0 Å². The highest BCUT2D eigenvalue weighted by molar-refractivity contribution is 4.86. The Kier molecular flexibility index (Phi) is 9.11. The number of halogens is 1. The fraction of sp³-hybridized carbons (Fsp3) is 0.818. The van der Waals surface area contributed by atoms with Gasteiger partial charge < -0.3 is 21.5 Å². The summed E-state index contributed by atoms with van der Waals surface area (Å²) in [4.78, 5) is 0. The van der Waals surface area contributed by atoms with Gasteiger partial charge in [0, 0.05) is 0 Å². The molecule has 0 aliphatic heterocycles. The van der Waals surface area contributed by atoms with Gasteiger partial charge >= 0.3 is 0 Å². The minimum Gasteiger partial charge on any atom is -1.00 e. The molecule has 0 saturated heterocycles. The molecule has 0 aromatic rings. The lowest BCUT2D eigenvalue weighted by atomic mass is 10.2. The van der Waals surface area contributed by atoms with Crippen LogP contribution in [-0.4, -0.2) is 31.7 Å². The van der Waals surface area contributed by atoms with E-state index in [0.29, 0.717) is 6.04 Å². The Labute approximate surface area is 94.2 Å². The maximum Gasteiger partial charge on any atom is 0.104 e. The van der Waals surface area contributed by atoms with E-state index in [2.05, 4.69) is 47.1 Å². The van der Waals surface area contributed by atoms with Gasteiger partial charge in [0.2, 0.25) is 0 Å². The number of hydrogen-bond acceptors (Lipinski definition) is 0. The van der Waals surface area contributed by atoms with Crippen LogP contribution in [0.1, 0.15) is 33.1 Å². The van der Waals surface area contributed by atoms with Crippen molar-refractivity contribution in [3.8, 4) is 0 Å². The molecule has 0 aliphatic carbocycles. The Balaban J connectivity index is 0. The standard InChI is InChI=1S/C11H24N.BrH/c1-6-7-8-9-10-11(2)12(3,4)5;/h9-11H,6-8H2,1-5H3;1H/q+1;/p-1. The number of unbranched alkanes of at least 4 members (excludes halogenated alkanes) is 2. The zero-order valence-electron chi connectivity index (χ0n) is 9.68. The molecule has 0 aromatic heterocycles. The van der Waals surface area contributed by atoms with Crippen molar-refractivity contribution in [3.63, 3.8) is 0 Å². The molecule has 1 atom stereocenters. The van der Waals surface area contributed by atoms with E-state index in [1.54, 1.807) is 0 Å². The Morgan fingerprint density at radius 2 is 1.77 bits per heavy atom. The average Bonchev–Trinajstić information content (AvgIpc) is 1.96. The van der Waals surface area contributed by atoms with E-state index >= 15 is 0 Å². The first-order valence-corrected chi connectivity index (χ1v) is 4.96. The molecule has 2 heteroatoms. The Hall–Kier alpha value is 0.180. The maximum absolute atomic E-state index is 2.33. The molecule has 0 spiro atoms. The minimum atomic E-state index is 0. The molecule has 0 aromatic carbocycles. The van der Waals surface area contributed by atoms with Gasteiger partial charge in [-0.2, -0.15) is 0 Å². The lowest BCUT2D eigenvalue weighted by Gasteiger charge is -2.29. The number of hydrogen-bond donors (Lipinski definition) is 0. The van der Waals surface area contributed by atoms with Gasteiger partial charge in [-0.15, -0.1) is 0 Å². The van der Waals surface area contributed by atoms with Gasteiger partial charge in [-0.05, 0) is 19.4 Å². The molecular weight excluding hydrogens is 226 g/mol. The fourth-order valence-corrected chi connectivity index (χ4v) is 0.873. The highest BCUT2D eigenvalue weighted by Crippen LogP contribution is 2.04. The summed E-state index contributed by atoms with van der Waals surface area (Å²) in [7, 11) is 6.69. The van der Waals surface area contributed by atoms with Gasteiger partial charge in [0.15, 0.2) is 0 Å². The third-order valence-corrected chi connectivity index (χ3v) is 2.36. The minimum absolute atomic E-state index is 0. The highest BCUT2D eigenvalue weighted by atomic mass is 79.9. The first kappa shape index (κ1) is 15.6. The average molecular weight is 250 g/mol. The third kappa shape index (κ3) is 8.51. The van der Waals surface area contributed by atoms with Crippen molar-refractivity contribution in [3.05, 3.63) is 12.2 Å². The number of allylic oxidation sites excluding steroid dienone is 1. The second kappa shape index (κ2) is 7.57. The summed E-state index contributed by atoms with van der Waals surface area (Å²) in [6, 6.07) is 0.627. The molecule has 0 aliphatic rings. The van der Waals surface area contributed by atoms with E-state index in [-0.39, 0.29) is 17.0 Å². The van der Waals surface area contributed by atoms with Crippen LogP contribution in [0.2, 0.25) is 0 Å². The molecule has 0 radical (unpaired) electrons. The monoisotopic (exact) mass is 249 g/mol. The Bertz CT molecular complexity index is 136. The van der Waals surface area contributed by atoms with Crippen LogP contribution in [0.3, 0.4) is 0 Å². The summed E-state index contributed by atoms with van der Waals surface area (Å²) in [5.41, 5.74) is 0. The smallest absolute Gasteiger partial charge is 0.104 e. The lowest BCUT2D eigenvalue weighted by molar-refractivity contribution is -0.887. The van der Waals surface area contributed by atoms with Crippen molar-refractivity contribution in [2.24, 2.45) is 0 Å². The highest BCUT2D eigenvalue weighted by Gasteiger charge is 2.13. The molecule has 0 saturated carbocycles. The lowest BCUT2D eigenvalue weighted by Crippen LogP contribution is -3.00. The molecule has 13 heavy (non-hydrogen) atoms. The second-order valence-electron chi connectivity index (χ2n) is 4.43. The van der Waals surface area contributed by atoms with Crippen molar-refractivity contribution < 1.29 is 21.5 Å². The van der Waals surface area contributed by atoms with Crippen LogP contribution < -0.4 is 17.0 Å². The Morgan fingerprint density at radius 3 is 2.15 bits per heavy atom. The summed E-state index contributed by atoms with van der Waals surface area (Å²) in [5.74, 6) is 0. The normalized spacial score (nSPS) is 14.2. The molecule has 0 bridgehead atoms. The zero-order chi connectivity index (χ0) is 9.61. The first-order valence-electron chi connectivity index (χ1n) is 4.96. The van der Waals surface area contributed by atoms with E-state index < -0.39 is 0 Å². The molecular formula is C11H24BrN. The molecule has 1 nitrogen and oxygen atoms in total. The van der Waals surface area contributed by atoms with Gasteiger partial charge in [-0.1, -0.05) is 25.8 Å². The van der Waals surface area contributed by atoms with Gasteiger partial charge in [-0.25, -0.2) is 0 Å². The summed E-state index contributed by atoms with van der Waals surface area (Å²) < 4.78 is 1.02. The van der Waals surface area contributed by atoms with Gasteiger partial charge in [0.1, 0.15) is 6.04 Å². The summed E-state index contributed by atoms with van der Waals surface area (Å²) in [6.45, 7) is 4.50. The number of likely N-dealkylation sites (N-methyl/N-ethyl adjacent to an activating group) is 1. The molecule has 1 unspecified atom stereocenters. The van der Waals surface area contributed by atoms with Crippen molar-refractivity contribution in [2.45, 2.75) is 39.2 Å². The van der Waals surface area contributed by atoms with Crippen LogP contribution in [-0.2, 0) is 0 Å². The molecule has 0 amide bonds. The van der Waals surface area contributed by atoms with E-state index in [1.807, 2.05) is 0 Å². The quantitative estimate of drug-likeness (QED) is 0.361. The van der Waals surface area contributed by atoms with E-state index in [0.717, 1.165) is 4.48 Å². The number of nitrogens with zero attached hydrogens (tertiary/aromatic N) is 1. The van der Waals surface area contributed by atoms with Crippen molar-refractivity contribution in [1.82, 2.24) is 0 Å². The van der Waals surface area contributed by atoms with Crippen LogP contribution in [0, 0.1) is 0 Å². The van der Waals surface area contributed by atoms with Crippen molar-refractivity contribution in [1.29, 1.82) is 0 Å². The number of rotatable bonds is 5. The SMILES string of the molecule is CCCCC=CC(C)[N+](C)(C)C.[Br-]. The summed E-state index contributed by atoms with van der Waals surface area (Å²) in [6.07, 6.45) is 8.50.